The third kappa shape index (κ3) is 4.20. The molecule has 9 aromatic carbocycles. The Balaban J connectivity index is 1.07. The van der Waals surface area contributed by atoms with Crippen LogP contribution in [0.15, 0.2) is 170 Å². The minimum Gasteiger partial charge on any atom is -0.0622 e. The van der Waals surface area contributed by atoms with Crippen molar-refractivity contribution in [2.75, 3.05) is 0 Å². The molecule has 0 N–H and O–H groups in total. The monoisotopic (exact) mass is 688 g/mol. The van der Waals surface area contributed by atoms with Crippen LogP contribution in [0.1, 0.15) is 49.9 Å². The van der Waals surface area contributed by atoms with E-state index in [4.69, 9.17) is 0 Å². The molecule has 54 heavy (non-hydrogen) atoms. The molecule has 0 spiro atoms. The maximum atomic E-state index is 2.50. The summed E-state index contributed by atoms with van der Waals surface area (Å²) in [4.78, 5) is 0. The Kier molecular flexibility index (Phi) is 6.46. The molecular formula is C54H40. The Morgan fingerprint density at radius 2 is 0.815 bits per heavy atom. The summed E-state index contributed by atoms with van der Waals surface area (Å²) < 4.78 is 0. The highest BCUT2D eigenvalue weighted by Gasteiger charge is 2.40. The lowest BCUT2D eigenvalue weighted by Gasteiger charge is -2.26. The van der Waals surface area contributed by atoms with Gasteiger partial charge in [-0.05, 0) is 122 Å². The van der Waals surface area contributed by atoms with Gasteiger partial charge in [0, 0.05) is 10.8 Å². The van der Waals surface area contributed by atoms with Crippen LogP contribution in [-0.4, -0.2) is 0 Å². The highest BCUT2D eigenvalue weighted by molar-refractivity contribution is 6.21. The second-order valence-electron chi connectivity index (χ2n) is 16.4. The van der Waals surface area contributed by atoms with Gasteiger partial charge >= 0.3 is 0 Å². The van der Waals surface area contributed by atoms with E-state index in [0.717, 1.165) is 0 Å². The fourth-order valence-corrected chi connectivity index (χ4v) is 10.3. The smallest absolute Gasteiger partial charge is 0.0165 e. The van der Waals surface area contributed by atoms with Gasteiger partial charge in [0.1, 0.15) is 0 Å². The average molecular weight is 689 g/mol. The van der Waals surface area contributed by atoms with Crippen LogP contribution in [0.5, 0.6) is 0 Å². The Morgan fingerprint density at radius 1 is 0.296 bits per heavy atom. The summed E-state index contributed by atoms with van der Waals surface area (Å²) in [5, 5.41) is 7.81. The van der Waals surface area contributed by atoms with E-state index in [2.05, 4.69) is 198 Å². The van der Waals surface area contributed by atoms with Crippen LogP contribution >= 0.6 is 0 Å². The van der Waals surface area contributed by atoms with Crippen LogP contribution in [0.4, 0.5) is 0 Å². The lowest BCUT2D eigenvalue weighted by atomic mass is 9.77. The van der Waals surface area contributed by atoms with Gasteiger partial charge in [-0.25, -0.2) is 0 Å². The second kappa shape index (κ2) is 11.1. The first-order valence-electron chi connectivity index (χ1n) is 19.3. The van der Waals surface area contributed by atoms with Gasteiger partial charge in [0.25, 0.3) is 0 Å². The van der Waals surface area contributed by atoms with Gasteiger partial charge in [0.15, 0.2) is 0 Å². The minimum atomic E-state index is -0.168. The quantitative estimate of drug-likeness (QED) is 0.162. The van der Waals surface area contributed by atoms with Crippen LogP contribution < -0.4 is 0 Å². The van der Waals surface area contributed by atoms with Crippen molar-refractivity contribution in [3.63, 3.8) is 0 Å². The number of hydrogen-bond acceptors (Lipinski definition) is 0. The Hall–Kier alpha value is -6.24. The van der Waals surface area contributed by atoms with Gasteiger partial charge in [-0.15, -0.1) is 0 Å². The molecular weight excluding hydrogens is 649 g/mol. The highest BCUT2D eigenvalue weighted by Crippen LogP contribution is 2.56. The lowest BCUT2D eigenvalue weighted by Crippen LogP contribution is -2.17. The number of fused-ring (bicyclic) bond motifs is 10. The van der Waals surface area contributed by atoms with Gasteiger partial charge in [0.05, 0.1) is 0 Å². The molecule has 2 aliphatic rings. The standard InChI is InChI=1S/C54H40/c1-53(2)47-31-35(38-23-14-24-45-51-37-18-9-8-15-33(37)27-30-46(51)54(3,4)52(38)45)25-28-39(47)40-29-26-36(32-48(40)53)50-43-21-12-10-19-41(43)49(34-16-6-5-7-17-34)42-20-11-13-22-44(42)50/h5-32H,1-4H3. The molecule has 0 radical (unpaired) electrons. The lowest BCUT2D eigenvalue weighted by molar-refractivity contribution is 0.659. The van der Waals surface area contributed by atoms with E-state index in [-0.39, 0.29) is 10.8 Å². The van der Waals surface area contributed by atoms with Crippen molar-refractivity contribution in [1.29, 1.82) is 0 Å². The van der Waals surface area contributed by atoms with Crippen molar-refractivity contribution in [2.45, 2.75) is 38.5 Å². The van der Waals surface area contributed by atoms with Crippen molar-refractivity contribution >= 4 is 32.3 Å². The van der Waals surface area contributed by atoms with Crippen LogP contribution in [-0.2, 0) is 10.8 Å². The summed E-state index contributed by atoms with van der Waals surface area (Å²) in [6, 6.07) is 63.8. The van der Waals surface area contributed by atoms with E-state index in [1.54, 1.807) is 0 Å². The Labute approximate surface area is 317 Å². The molecule has 0 bridgehead atoms. The molecule has 0 amide bonds. The Morgan fingerprint density at radius 3 is 1.46 bits per heavy atom. The van der Waals surface area contributed by atoms with E-state index in [0.29, 0.717) is 0 Å². The first kappa shape index (κ1) is 31.3. The van der Waals surface area contributed by atoms with Crippen LogP contribution in [0.25, 0.3) is 88.0 Å². The molecule has 256 valence electrons. The Bertz CT molecular complexity index is 2970. The molecule has 9 aromatic rings. The van der Waals surface area contributed by atoms with Gasteiger partial charge < -0.3 is 0 Å². The first-order valence-corrected chi connectivity index (χ1v) is 19.3. The molecule has 0 heterocycles. The fourth-order valence-electron chi connectivity index (χ4n) is 10.3. The van der Waals surface area contributed by atoms with E-state index >= 15 is 0 Å². The first-order chi connectivity index (χ1) is 26.3. The predicted octanol–water partition coefficient (Wildman–Crippen LogP) is 14.8. The minimum absolute atomic E-state index is 0.112. The normalized spacial score (nSPS) is 14.6. The molecule has 0 heteroatoms. The molecule has 0 aromatic heterocycles. The summed E-state index contributed by atoms with van der Waals surface area (Å²) in [5.41, 5.74) is 18.6. The van der Waals surface area contributed by atoms with Gasteiger partial charge in [-0.2, -0.15) is 0 Å². The van der Waals surface area contributed by atoms with Gasteiger partial charge in [-0.1, -0.05) is 185 Å². The van der Waals surface area contributed by atoms with Crippen LogP contribution in [0.3, 0.4) is 0 Å². The molecule has 0 unspecified atom stereocenters. The fraction of sp³-hybridized carbons (Fsp3) is 0.111. The third-order valence-electron chi connectivity index (χ3n) is 12.8. The molecule has 0 aliphatic heterocycles. The van der Waals surface area contributed by atoms with E-state index < -0.39 is 0 Å². The van der Waals surface area contributed by atoms with Crippen molar-refractivity contribution < 1.29 is 0 Å². The zero-order valence-electron chi connectivity index (χ0n) is 31.2. The van der Waals surface area contributed by atoms with E-state index in [1.165, 1.54) is 110 Å². The molecule has 11 rings (SSSR count). The summed E-state index contributed by atoms with van der Waals surface area (Å²) in [6.45, 7) is 9.65. The van der Waals surface area contributed by atoms with Crippen molar-refractivity contribution in [3.05, 3.63) is 192 Å². The molecule has 0 atom stereocenters. The molecule has 0 fully saturated rings. The number of rotatable bonds is 3. The number of hydrogen-bond donors (Lipinski definition) is 0. The largest absolute Gasteiger partial charge is 0.0622 e. The summed E-state index contributed by atoms with van der Waals surface area (Å²) >= 11 is 0. The molecule has 0 saturated carbocycles. The topological polar surface area (TPSA) is 0 Å². The SMILES string of the molecule is CC1(C)c2cc(-c3cccc4c3C(C)(C)c3ccc5ccccc5c3-4)ccc2-c2ccc(-c3c4ccccc4c(-c4ccccc4)c4ccccc34)cc21. The average Bonchev–Trinajstić information content (AvgIpc) is 3.59. The van der Waals surface area contributed by atoms with Crippen molar-refractivity contribution in [1.82, 2.24) is 0 Å². The van der Waals surface area contributed by atoms with E-state index in [9.17, 15) is 0 Å². The summed E-state index contributed by atoms with van der Waals surface area (Å²) in [7, 11) is 0. The second-order valence-corrected chi connectivity index (χ2v) is 16.4. The van der Waals surface area contributed by atoms with Crippen LogP contribution in [0, 0.1) is 0 Å². The summed E-state index contributed by atoms with van der Waals surface area (Å²) in [5.74, 6) is 0. The van der Waals surface area contributed by atoms with Gasteiger partial charge in [-0.3, -0.25) is 0 Å². The molecule has 2 aliphatic carbocycles. The predicted molar refractivity (Wildman–Crippen MR) is 230 cm³/mol. The van der Waals surface area contributed by atoms with Crippen molar-refractivity contribution in [3.8, 4) is 55.6 Å². The third-order valence-corrected chi connectivity index (χ3v) is 12.8. The zero-order chi connectivity index (χ0) is 36.3. The molecule has 0 saturated heterocycles. The van der Waals surface area contributed by atoms with E-state index in [1.807, 2.05) is 0 Å². The maximum absolute atomic E-state index is 2.50. The highest BCUT2D eigenvalue weighted by atomic mass is 14.4. The summed E-state index contributed by atoms with van der Waals surface area (Å²) in [6.07, 6.45) is 0. The molecule has 0 nitrogen and oxygen atoms in total. The van der Waals surface area contributed by atoms with Crippen LogP contribution in [0.2, 0.25) is 0 Å². The van der Waals surface area contributed by atoms with Crippen molar-refractivity contribution in [2.24, 2.45) is 0 Å². The van der Waals surface area contributed by atoms with Gasteiger partial charge in [0.2, 0.25) is 0 Å². The maximum Gasteiger partial charge on any atom is 0.0165 e. The number of benzene rings is 9. The zero-order valence-corrected chi connectivity index (χ0v) is 31.2.